The molecule has 0 spiro atoms. The van der Waals surface area contributed by atoms with Gasteiger partial charge in [0.25, 0.3) is 0 Å². The second kappa shape index (κ2) is 8.91. The number of nitrogens with zero attached hydrogens (tertiary/aromatic N) is 1. The van der Waals surface area contributed by atoms with Crippen LogP contribution >= 0.6 is 0 Å². The van der Waals surface area contributed by atoms with Gasteiger partial charge in [-0.1, -0.05) is 36.4 Å². The van der Waals surface area contributed by atoms with Crippen LogP contribution in [0.4, 0.5) is 0 Å². The van der Waals surface area contributed by atoms with Crippen LogP contribution in [-0.2, 0) is 17.6 Å². The fraction of sp³-hybridized carbons (Fsp3) is 0.480. The van der Waals surface area contributed by atoms with E-state index in [0.29, 0.717) is 12.5 Å². The molecule has 3 heteroatoms. The number of carbonyl (C=O) groups is 1. The van der Waals surface area contributed by atoms with Crippen LogP contribution in [0.15, 0.2) is 48.5 Å². The average molecular weight is 378 g/mol. The second-order valence-corrected chi connectivity index (χ2v) is 8.31. The van der Waals surface area contributed by atoms with E-state index in [2.05, 4.69) is 53.4 Å². The third-order valence-electron chi connectivity index (χ3n) is 6.16. The van der Waals surface area contributed by atoms with Gasteiger partial charge in [-0.3, -0.25) is 4.90 Å². The largest absolute Gasteiger partial charge is 0.484 e. The SMILES string of the molecule is CC(=O)CCCCc1cccc(O[C@H]2c3ccccc3C[C@@H]2N2CCCC2)c1. The van der Waals surface area contributed by atoms with Gasteiger partial charge in [0.05, 0.1) is 6.04 Å². The van der Waals surface area contributed by atoms with E-state index in [1.165, 1.54) is 42.6 Å². The molecule has 0 saturated carbocycles. The molecule has 0 bridgehead atoms. The summed E-state index contributed by atoms with van der Waals surface area (Å²) in [6, 6.07) is 17.8. The predicted octanol–water partition coefficient (Wildman–Crippen LogP) is 5.13. The maximum Gasteiger partial charge on any atom is 0.140 e. The number of hydrogen-bond acceptors (Lipinski definition) is 3. The Bertz CT molecular complexity index is 810. The highest BCUT2D eigenvalue weighted by Gasteiger charge is 2.38. The lowest BCUT2D eigenvalue weighted by atomic mass is 10.1. The quantitative estimate of drug-likeness (QED) is 0.597. The van der Waals surface area contributed by atoms with Gasteiger partial charge in [-0.25, -0.2) is 0 Å². The lowest BCUT2D eigenvalue weighted by Gasteiger charge is -2.30. The number of unbranched alkanes of at least 4 members (excludes halogenated alkanes) is 1. The highest BCUT2D eigenvalue weighted by atomic mass is 16.5. The minimum atomic E-state index is 0.113. The maximum atomic E-state index is 11.1. The molecular weight excluding hydrogens is 346 g/mol. The van der Waals surface area contributed by atoms with Gasteiger partial charge in [-0.05, 0) is 87.4 Å². The third kappa shape index (κ3) is 4.47. The minimum absolute atomic E-state index is 0.113. The zero-order chi connectivity index (χ0) is 19.3. The van der Waals surface area contributed by atoms with Crippen molar-refractivity contribution in [2.45, 2.75) is 64.0 Å². The summed E-state index contributed by atoms with van der Waals surface area (Å²) >= 11 is 0. The maximum absolute atomic E-state index is 11.1. The molecule has 0 N–H and O–H groups in total. The van der Waals surface area contributed by atoms with Gasteiger partial charge in [0, 0.05) is 6.42 Å². The molecule has 0 aromatic heterocycles. The molecule has 1 fully saturated rings. The molecule has 0 amide bonds. The standard InChI is InChI=1S/C25H31NO2/c1-19(27)9-2-3-10-20-11-8-13-22(17-20)28-25-23-14-5-4-12-21(23)18-24(25)26-15-6-7-16-26/h4-5,8,11-14,17,24-25H,2-3,6-7,9-10,15-16,18H2,1H3/t24-,25-/m0/s1. The highest BCUT2D eigenvalue weighted by molar-refractivity contribution is 5.75. The number of Topliss-reactive ketones (excluding diaryl/α,β-unsaturated/α-hetero) is 1. The zero-order valence-corrected chi connectivity index (χ0v) is 16.9. The summed E-state index contributed by atoms with van der Waals surface area (Å²) in [5.74, 6) is 1.25. The Balaban J connectivity index is 1.46. The monoisotopic (exact) mass is 377 g/mol. The molecule has 2 atom stereocenters. The van der Waals surface area contributed by atoms with Gasteiger partial charge in [-0.15, -0.1) is 0 Å². The second-order valence-electron chi connectivity index (χ2n) is 8.31. The highest BCUT2D eigenvalue weighted by Crippen LogP contribution is 2.39. The molecule has 2 aromatic rings. The van der Waals surface area contributed by atoms with Crippen LogP contribution in [-0.4, -0.2) is 29.8 Å². The Labute approximate surface area is 168 Å². The number of fused-ring (bicyclic) bond motifs is 1. The van der Waals surface area contributed by atoms with Crippen molar-refractivity contribution in [3.63, 3.8) is 0 Å². The Kier molecular flexibility index (Phi) is 6.11. The van der Waals surface area contributed by atoms with Gasteiger partial charge < -0.3 is 9.53 Å². The topological polar surface area (TPSA) is 29.5 Å². The lowest BCUT2D eigenvalue weighted by Crippen LogP contribution is -2.38. The van der Waals surface area contributed by atoms with Crippen LogP contribution in [0.3, 0.4) is 0 Å². The first-order valence-corrected chi connectivity index (χ1v) is 10.8. The molecule has 3 nitrogen and oxygen atoms in total. The number of aryl methyl sites for hydroxylation is 1. The van der Waals surface area contributed by atoms with E-state index >= 15 is 0 Å². The zero-order valence-electron chi connectivity index (χ0n) is 16.9. The Morgan fingerprint density at radius 1 is 1.07 bits per heavy atom. The van der Waals surface area contributed by atoms with Gasteiger partial charge in [0.1, 0.15) is 17.6 Å². The van der Waals surface area contributed by atoms with Crippen molar-refractivity contribution >= 4 is 5.78 Å². The summed E-state index contributed by atoms with van der Waals surface area (Å²) in [5.41, 5.74) is 4.08. The van der Waals surface area contributed by atoms with Crippen molar-refractivity contribution in [2.24, 2.45) is 0 Å². The number of ether oxygens (including phenoxy) is 1. The summed E-state index contributed by atoms with van der Waals surface area (Å²) in [7, 11) is 0. The molecule has 1 aliphatic heterocycles. The van der Waals surface area contributed by atoms with Gasteiger partial charge in [0.15, 0.2) is 0 Å². The van der Waals surface area contributed by atoms with Gasteiger partial charge in [0.2, 0.25) is 0 Å². The molecule has 0 unspecified atom stereocenters. The number of ketones is 1. The molecule has 0 radical (unpaired) electrons. The molecule has 2 aromatic carbocycles. The lowest BCUT2D eigenvalue weighted by molar-refractivity contribution is -0.117. The smallest absolute Gasteiger partial charge is 0.140 e. The first-order valence-electron chi connectivity index (χ1n) is 10.8. The van der Waals surface area contributed by atoms with Crippen LogP contribution in [0, 0.1) is 0 Å². The van der Waals surface area contributed by atoms with Gasteiger partial charge >= 0.3 is 0 Å². The molecule has 4 rings (SSSR count). The third-order valence-corrected chi connectivity index (χ3v) is 6.16. The number of carbonyl (C=O) groups excluding carboxylic acids is 1. The van der Waals surface area contributed by atoms with Crippen LogP contribution < -0.4 is 4.74 Å². The number of rotatable bonds is 8. The van der Waals surface area contributed by atoms with Crippen molar-refractivity contribution in [2.75, 3.05) is 13.1 Å². The Morgan fingerprint density at radius 2 is 1.89 bits per heavy atom. The average Bonchev–Trinajstić information content (AvgIpc) is 3.34. The van der Waals surface area contributed by atoms with Crippen LogP contribution in [0.1, 0.15) is 61.8 Å². The molecule has 1 aliphatic carbocycles. The molecule has 148 valence electrons. The van der Waals surface area contributed by atoms with Crippen molar-refractivity contribution in [3.8, 4) is 5.75 Å². The van der Waals surface area contributed by atoms with E-state index in [0.717, 1.165) is 31.4 Å². The minimum Gasteiger partial charge on any atom is -0.484 e. The van der Waals surface area contributed by atoms with E-state index in [-0.39, 0.29) is 11.9 Å². The number of hydrogen-bond donors (Lipinski definition) is 0. The van der Waals surface area contributed by atoms with E-state index in [4.69, 9.17) is 4.74 Å². The fourth-order valence-electron chi connectivity index (χ4n) is 4.70. The number of benzene rings is 2. The predicted molar refractivity (Wildman–Crippen MR) is 113 cm³/mol. The fourth-order valence-corrected chi connectivity index (χ4v) is 4.70. The van der Waals surface area contributed by atoms with Crippen LogP contribution in [0.25, 0.3) is 0 Å². The summed E-state index contributed by atoms with van der Waals surface area (Å²) in [6.45, 7) is 4.05. The molecule has 1 saturated heterocycles. The van der Waals surface area contributed by atoms with Crippen molar-refractivity contribution in [3.05, 3.63) is 65.2 Å². The van der Waals surface area contributed by atoms with E-state index in [9.17, 15) is 4.79 Å². The first kappa shape index (κ1) is 19.2. The van der Waals surface area contributed by atoms with Crippen molar-refractivity contribution in [1.29, 1.82) is 0 Å². The molecule has 28 heavy (non-hydrogen) atoms. The molecule has 1 heterocycles. The molecule has 2 aliphatic rings. The van der Waals surface area contributed by atoms with E-state index < -0.39 is 0 Å². The molecular formula is C25H31NO2. The first-order chi connectivity index (χ1) is 13.7. The van der Waals surface area contributed by atoms with Crippen molar-refractivity contribution < 1.29 is 9.53 Å². The van der Waals surface area contributed by atoms with Crippen LogP contribution in [0.2, 0.25) is 0 Å². The summed E-state index contributed by atoms with van der Waals surface area (Å²) < 4.78 is 6.62. The number of likely N-dealkylation sites (tertiary alicyclic amines) is 1. The van der Waals surface area contributed by atoms with Crippen LogP contribution in [0.5, 0.6) is 5.75 Å². The van der Waals surface area contributed by atoms with E-state index in [1.54, 1.807) is 6.92 Å². The van der Waals surface area contributed by atoms with Gasteiger partial charge in [-0.2, -0.15) is 0 Å². The summed E-state index contributed by atoms with van der Waals surface area (Å²) in [4.78, 5) is 13.7. The summed E-state index contributed by atoms with van der Waals surface area (Å²) in [5, 5.41) is 0. The van der Waals surface area contributed by atoms with E-state index in [1.807, 2.05) is 0 Å². The Hall–Kier alpha value is -2.13. The normalized spacial score (nSPS) is 21.6. The summed E-state index contributed by atoms with van der Waals surface area (Å²) in [6.07, 6.45) is 7.51. The van der Waals surface area contributed by atoms with Crippen molar-refractivity contribution in [1.82, 2.24) is 4.90 Å². The Morgan fingerprint density at radius 3 is 2.71 bits per heavy atom.